The molecule has 6 heteroatoms. The molecule has 1 unspecified atom stereocenters. The molecule has 144 valence electrons. The number of aryl methyl sites for hydroxylation is 1. The Bertz CT molecular complexity index is 968. The molecule has 0 radical (unpaired) electrons. The lowest BCUT2D eigenvalue weighted by atomic mass is 10.2. The maximum atomic E-state index is 12.9. The molecule has 1 fully saturated rings. The summed E-state index contributed by atoms with van der Waals surface area (Å²) in [5.74, 6) is 0.813. The normalized spacial score (nSPS) is 16.6. The minimum Gasteiger partial charge on any atom is -0.494 e. The van der Waals surface area contributed by atoms with Crippen molar-refractivity contribution in [2.24, 2.45) is 0 Å². The molecular weight excluding hydrogens is 352 g/mol. The highest BCUT2D eigenvalue weighted by molar-refractivity contribution is 5.99. The zero-order chi connectivity index (χ0) is 19.5. The maximum Gasteiger partial charge on any atom is 0.244 e. The highest BCUT2D eigenvalue weighted by Crippen LogP contribution is 2.31. The molecule has 1 N–H and O–H groups in total. The van der Waals surface area contributed by atoms with Crippen LogP contribution in [0.2, 0.25) is 0 Å². The number of carbonyl (C=O) groups excluding carboxylic acids is 1. The van der Waals surface area contributed by atoms with Gasteiger partial charge in [-0.2, -0.15) is 0 Å². The first kappa shape index (κ1) is 18.3. The SMILES string of the molecule is COc1cc(N2CCC(NCc3ccccc3)C2=O)ccc1-n1cnc(C)c1. The molecule has 4 rings (SSSR count). The fourth-order valence-electron chi connectivity index (χ4n) is 3.56. The molecule has 1 aromatic heterocycles. The summed E-state index contributed by atoms with van der Waals surface area (Å²) >= 11 is 0. The summed E-state index contributed by atoms with van der Waals surface area (Å²) in [7, 11) is 1.64. The van der Waals surface area contributed by atoms with Gasteiger partial charge >= 0.3 is 0 Å². The molecule has 2 aromatic carbocycles. The Labute approximate surface area is 164 Å². The molecule has 1 aliphatic heterocycles. The Kier molecular flexibility index (Phi) is 5.12. The van der Waals surface area contributed by atoms with Gasteiger partial charge in [-0.1, -0.05) is 30.3 Å². The highest BCUT2D eigenvalue weighted by Gasteiger charge is 2.32. The van der Waals surface area contributed by atoms with Crippen molar-refractivity contribution in [3.05, 3.63) is 72.3 Å². The number of hydrogen-bond donors (Lipinski definition) is 1. The molecule has 1 amide bonds. The minimum atomic E-state index is -0.165. The summed E-state index contributed by atoms with van der Waals surface area (Å²) in [6.07, 6.45) is 4.50. The Morgan fingerprint density at radius 2 is 2.04 bits per heavy atom. The van der Waals surface area contributed by atoms with Gasteiger partial charge in [-0.25, -0.2) is 4.98 Å². The van der Waals surface area contributed by atoms with Gasteiger partial charge in [0.2, 0.25) is 5.91 Å². The zero-order valence-corrected chi connectivity index (χ0v) is 16.1. The predicted molar refractivity (Wildman–Crippen MR) is 109 cm³/mol. The van der Waals surface area contributed by atoms with Crippen molar-refractivity contribution in [3.63, 3.8) is 0 Å². The van der Waals surface area contributed by atoms with Crippen LogP contribution in [0.15, 0.2) is 61.1 Å². The standard InChI is InChI=1S/C22H24N4O2/c1-16-14-25(15-24-16)20-9-8-18(12-21(20)28-2)26-11-10-19(22(26)27)23-13-17-6-4-3-5-7-17/h3-9,12,14-15,19,23H,10-11,13H2,1-2H3. The van der Waals surface area contributed by atoms with Crippen LogP contribution >= 0.6 is 0 Å². The first-order valence-electron chi connectivity index (χ1n) is 9.43. The molecule has 0 aliphatic carbocycles. The van der Waals surface area contributed by atoms with Crippen LogP contribution in [0.5, 0.6) is 5.75 Å². The molecule has 0 saturated carbocycles. The molecular formula is C22H24N4O2. The number of ether oxygens (including phenoxy) is 1. The number of nitrogens with zero attached hydrogens (tertiary/aromatic N) is 3. The molecule has 1 saturated heterocycles. The second-order valence-electron chi connectivity index (χ2n) is 6.98. The van der Waals surface area contributed by atoms with Gasteiger partial charge in [0, 0.05) is 31.0 Å². The second kappa shape index (κ2) is 7.86. The van der Waals surface area contributed by atoms with Crippen LogP contribution in [0.3, 0.4) is 0 Å². The number of carbonyl (C=O) groups is 1. The average Bonchev–Trinajstić information content (AvgIpc) is 3.32. The summed E-state index contributed by atoms with van der Waals surface area (Å²) in [5, 5.41) is 3.38. The second-order valence-corrected chi connectivity index (χ2v) is 6.98. The van der Waals surface area contributed by atoms with Crippen LogP contribution in [-0.2, 0) is 11.3 Å². The lowest BCUT2D eigenvalue weighted by Gasteiger charge is -2.19. The Morgan fingerprint density at radius 3 is 2.75 bits per heavy atom. The zero-order valence-electron chi connectivity index (χ0n) is 16.1. The largest absolute Gasteiger partial charge is 0.494 e. The Morgan fingerprint density at radius 1 is 1.21 bits per heavy atom. The van der Waals surface area contributed by atoms with Crippen LogP contribution in [0, 0.1) is 6.92 Å². The van der Waals surface area contributed by atoms with Crippen LogP contribution < -0.4 is 15.0 Å². The lowest BCUT2D eigenvalue weighted by Crippen LogP contribution is -2.38. The van der Waals surface area contributed by atoms with Gasteiger partial charge in [0.15, 0.2) is 0 Å². The van der Waals surface area contributed by atoms with Crippen LogP contribution in [0.4, 0.5) is 5.69 Å². The number of nitrogens with one attached hydrogen (secondary N) is 1. The van der Waals surface area contributed by atoms with Gasteiger partial charge in [0.05, 0.1) is 30.9 Å². The van der Waals surface area contributed by atoms with E-state index in [1.807, 2.05) is 59.0 Å². The van der Waals surface area contributed by atoms with E-state index in [-0.39, 0.29) is 11.9 Å². The first-order valence-corrected chi connectivity index (χ1v) is 9.43. The number of aromatic nitrogens is 2. The maximum absolute atomic E-state index is 12.9. The molecule has 1 aliphatic rings. The number of methoxy groups -OCH3 is 1. The van der Waals surface area contributed by atoms with Crippen molar-refractivity contribution < 1.29 is 9.53 Å². The highest BCUT2D eigenvalue weighted by atomic mass is 16.5. The van der Waals surface area contributed by atoms with E-state index in [9.17, 15) is 4.79 Å². The summed E-state index contributed by atoms with van der Waals surface area (Å²) in [5.41, 5.74) is 3.87. The third-order valence-corrected chi connectivity index (χ3v) is 5.07. The van der Waals surface area contributed by atoms with Crippen molar-refractivity contribution >= 4 is 11.6 Å². The Hall–Kier alpha value is -3.12. The number of anilines is 1. The number of imidazole rings is 1. The minimum absolute atomic E-state index is 0.101. The molecule has 0 bridgehead atoms. The van der Waals surface area contributed by atoms with Gasteiger partial charge < -0.3 is 19.5 Å². The van der Waals surface area contributed by atoms with Crippen molar-refractivity contribution in [1.29, 1.82) is 0 Å². The number of hydrogen-bond acceptors (Lipinski definition) is 4. The van der Waals surface area contributed by atoms with E-state index >= 15 is 0 Å². The molecule has 6 nitrogen and oxygen atoms in total. The van der Waals surface area contributed by atoms with E-state index in [2.05, 4.69) is 22.4 Å². The van der Waals surface area contributed by atoms with E-state index in [4.69, 9.17) is 4.74 Å². The quantitative estimate of drug-likeness (QED) is 0.718. The summed E-state index contributed by atoms with van der Waals surface area (Å²) in [6, 6.07) is 15.8. The van der Waals surface area contributed by atoms with Crippen LogP contribution in [0.25, 0.3) is 5.69 Å². The van der Waals surface area contributed by atoms with Gasteiger partial charge in [0.1, 0.15) is 5.75 Å². The smallest absolute Gasteiger partial charge is 0.244 e. The molecule has 28 heavy (non-hydrogen) atoms. The lowest BCUT2D eigenvalue weighted by molar-refractivity contribution is -0.118. The predicted octanol–water partition coefficient (Wildman–Crippen LogP) is 3.08. The summed E-state index contributed by atoms with van der Waals surface area (Å²) < 4.78 is 7.50. The Balaban J connectivity index is 1.49. The van der Waals surface area contributed by atoms with Crippen LogP contribution in [0.1, 0.15) is 17.7 Å². The van der Waals surface area contributed by atoms with Gasteiger partial charge in [0.25, 0.3) is 0 Å². The monoisotopic (exact) mass is 376 g/mol. The summed E-state index contributed by atoms with van der Waals surface area (Å²) in [6.45, 7) is 3.33. The van der Waals surface area contributed by atoms with Crippen molar-refractivity contribution in [2.45, 2.75) is 25.9 Å². The van der Waals surface area contributed by atoms with E-state index in [1.54, 1.807) is 13.4 Å². The van der Waals surface area contributed by atoms with E-state index in [0.29, 0.717) is 18.8 Å². The van der Waals surface area contributed by atoms with Crippen LogP contribution in [-0.4, -0.2) is 35.2 Å². The van der Waals surface area contributed by atoms with Gasteiger partial charge in [-0.15, -0.1) is 0 Å². The third-order valence-electron chi connectivity index (χ3n) is 5.07. The number of rotatable bonds is 6. The van der Waals surface area contributed by atoms with Crippen molar-refractivity contribution in [2.75, 3.05) is 18.6 Å². The van der Waals surface area contributed by atoms with Gasteiger partial charge in [-0.05, 0) is 31.0 Å². The third kappa shape index (κ3) is 3.64. The fraction of sp³-hybridized carbons (Fsp3) is 0.273. The topological polar surface area (TPSA) is 59.4 Å². The van der Waals surface area contributed by atoms with E-state index < -0.39 is 0 Å². The fourth-order valence-corrected chi connectivity index (χ4v) is 3.56. The summed E-state index contributed by atoms with van der Waals surface area (Å²) in [4.78, 5) is 19.0. The van der Waals surface area contributed by atoms with Crippen molar-refractivity contribution in [1.82, 2.24) is 14.9 Å². The van der Waals surface area contributed by atoms with E-state index in [0.717, 1.165) is 23.5 Å². The molecule has 2 heterocycles. The average molecular weight is 376 g/mol. The first-order chi connectivity index (χ1) is 13.7. The van der Waals surface area contributed by atoms with Crippen molar-refractivity contribution in [3.8, 4) is 11.4 Å². The number of benzene rings is 2. The molecule has 0 spiro atoms. The van der Waals surface area contributed by atoms with E-state index in [1.165, 1.54) is 5.56 Å². The molecule has 3 aromatic rings. The molecule has 1 atom stereocenters. The van der Waals surface area contributed by atoms with Gasteiger partial charge in [-0.3, -0.25) is 4.79 Å². The number of amides is 1.